The Kier molecular flexibility index (Phi) is 4.55. The number of carbonyl (C=O) groups is 1. The summed E-state index contributed by atoms with van der Waals surface area (Å²) in [6, 6.07) is 5.88. The zero-order valence-corrected chi connectivity index (χ0v) is 11.1. The van der Waals surface area contributed by atoms with Crippen LogP contribution in [0.15, 0.2) is 18.2 Å². The second-order valence-corrected chi connectivity index (χ2v) is 4.70. The molecule has 0 aliphatic rings. The summed E-state index contributed by atoms with van der Waals surface area (Å²) in [7, 11) is 0. The van der Waals surface area contributed by atoms with E-state index in [0.717, 1.165) is 11.1 Å². The second-order valence-electron chi connectivity index (χ2n) is 4.70. The zero-order chi connectivity index (χ0) is 13.0. The van der Waals surface area contributed by atoms with E-state index in [4.69, 9.17) is 9.47 Å². The Bertz CT molecular complexity index is 394. The van der Waals surface area contributed by atoms with Crippen molar-refractivity contribution in [3.63, 3.8) is 0 Å². The maximum Gasteiger partial charge on any atom is 0.514 e. The number of hydrogen-bond acceptors (Lipinski definition) is 3. The maximum atomic E-state index is 11.4. The van der Waals surface area contributed by atoms with Crippen molar-refractivity contribution in [3.05, 3.63) is 29.3 Å². The third-order valence-electron chi connectivity index (χ3n) is 2.40. The topological polar surface area (TPSA) is 35.5 Å². The van der Waals surface area contributed by atoms with E-state index in [1.165, 1.54) is 0 Å². The molecule has 94 valence electrons. The smallest absolute Gasteiger partial charge is 0.431 e. The molecule has 0 unspecified atom stereocenters. The van der Waals surface area contributed by atoms with Gasteiger partial charge in [0.2, 0.25) is 0 Å². The van der Waals surface area contributed by atoms with E-state index in [-0.39, 0.29) is 6.10 Å². The molecule has 0 aromatic heterocycles. The van der Waals surface area contributed by atoms with Gasteiger partial charge in [-0.1, -0.05) is 26.0 Å². The van der Waals surface area contributed by atoms with Gasteiger partial charge in [-0.05, 0) is 43.9 Å². The minimum absolute atomic E-state index is 0.170. The summed E-state index contributed by atoms with van der Waals surface area (Å²) in [6.45, 7) is 9.68. The summed E-state index contributed by atoms with van der Waals surface area (Å²) < 4.78 is 10.1. The highest BCUT2D eigenvalue weighted by atomic mass is 16.7. The summed E-state index contributed by atoms with van der Waals surface area (Å²) in [4.78, 5) is 11.4. The van der Waals surface area contributed by atoms with Crippen LogP contribution in [0.5, 0.6) is 5.75 Å². The zero-order valence-electron chi connectivity index (χ0n) is 11.1. The van der Waals surface area contributed by atoms with Crippen molar-refractivity contribution in [1.29, 1.82) is 0 Å². The Hall–Kier alpha value is -1.51. The highest BCUT2D eigenvalue weighted by molar-refractivity contribution is 5.64. The van der Waals surface area contributed by atoms with E-state index >= 15 is 0 Å². The third kappa shape index (κ3) is 4.10. The third-order valence-corrected chi connectivity index (χ3v) is 2.40. The first-order valence-electron chi connectivity index (χ1n) is 5.89. The molecule has 17 heavy (non-hydrogen) atoms. The van der Waals surface area contributed by atoms with E-state index in [0.29, 0.717) is 11.7 Å². The van der Waals surface area contributed by atoms with Gasteiger partial charge in [0.05, 0.1) is 6.10 Å². The van der Waals surface area contributed by atoms with Crippen LogP contribution in [0, 0.1) is 6.92 Å². The van der Waals surface area contributed by atoms with Crippen molar-refractivity contribution in [2.24, 2.45) is 0 Å². The fourth-order valence-corrected chi connectivity index (χ4v) is 1.39. The lowest BCUT2D eigenvalue weighted by atomic mass is 10.0. The number of rotatable bonds is 3. The molecule has 0 spiro atoms. The minimum atomic E-state index is -0.649. The van der Waals surface area contributed by atoms with Crippen LogP contribution in [0.4, 0.5) is 4.79 Å². The van der Waals surface area contributed by atoms with Gasteiger partial charge in [0.15, 0.2) is 0 Å². The molecule has 0 amide bonds. The summed E-state index contributed by atoms with van der Waals surface area (Å²) in [5.41, 5.74) is 2.07. The standard InChI is InChI=1S/C14H20O3/c1-9(2)12-7-6-11(5)13(8-12)17-14(15)16-10(3)4/h6-10H,1-5H3. The highest BCUT2D eigenvalue weighted by Gasteiger charge is 2.11. The molecule has 0 heterocycles. The van der Waals surface area contributed by atoms with Crippen LogP contribution < -0.4 is 4.74 Å². The first-order valence-corrected chi connectivity index (χ1v) is 5.89. The predicted octanol–water partition coefficient (Wildman–Crippen LogP) is 4.04. The number of carbonyl (C=O) groups excluding carboxylic acids is 1. The van der Waals surface area contributed by atoms with Crippen LogP contribution in [0.3, 0.4) is 0 Å². The molecule has 3 nitrogen and oxygen atoms in total. The Morgan fingerprint density at radius 2 is 1.82 bits per heavy atom. The van der Waals surface area contributed by atoms with Crippen molar-refractivity contribution < 1.29 is 14.3 Å². The Morgan fingerprint density at radius 1 is 1.18 bits per heavy atom. The van der Waals surface area contributed by atoms with E-state index in [2.05, 4.69) is 13.8 Å². The maximum absolute atomic E-state index is 11.4. The van der Waals surface area contributed by atoms with Crippen LogP contribution >= 0.6 is 0 Å². The summed E-state index contributed by atoms with van der Waals surface area (Å²) in [6.07, 6.45) is -0.819. The quantitative estimate of drug-likeness (QED) is 0.587. The lowest BCUT2D eigenvalue weighted by molar-refractivity contribution is 0.0726. The van der Waals surface area contributed by atoms with Crippen molar-refractivity contribution in [1.82, 2.24) is 0 Å². The molecular weight excluding hydrogens is 216 g/mol. The van der Waals surface area contributed by atoms with Crippen LogP contribution in [-0.4, -0.2) is 12.3 Å². The fourth-order valence-electron chi connectivity index (χ4n) is 1.39. The number of ether oxygens (including phenoxy) is 2. The Labute approximate surface area is 103 Å². The van der Waals surface area contributed by atoms with Gasteiger partial charge in [0, 0.05) is 0 Å². The first-order chi connectivity index (χ1) is 7.90. The van der Waals surface area contributed by atoms with E-state index in [1.54, 1.807) is 13.8 Å². The fraction of sp³-hybridized carbons (Fsp3) is 0.500. The average Bonchev–Trinajstić information content (AvgIpc) is 2.19. The molecule has 0 N–H and O–H groups in total. The molecule has 0 saturated carbocycles. The van der Waals surface area contributed by atoms with Crippen LogP contribution in [-0.2, 0) is 4.74 Å². The molecular formula is C14H20O3. The van der Waals surface area contributed by atoms with Crippen LogP contribution in [0.2, 0.25) is 0 Å². The highest BCUT2D eigenvalue weighted by Crippen LogP contribution is 2.24. The SMILES string of the molecule is Cc1ccc(C(C)C)cc1OC(=O)OC(C)C. The summed E-state index contributed by atoms with van der Waals surface area (Å²) in [5, 5.41) is 0. The van der Waals surface area contributed by atoms with Gasteiger partial charge in [-0.25, -0.2) is 4.79 Å². The van der Waals surface area contributed by atoms with Gasteiger partial charge in [-0.15, -0.1) is 0 Å². The molecule has 0 aliphatic carbocycles. The van der Waals surface area contributed by atoms with E-state index < -0.39 is 6.16 Å². The van der Waals surface area contributed by atoms with Crippen molar-refractivity contribution in [3.8, 4) is 5.75 Å². The van der Waals surface area contributed by atoms with E-state index in [9.17, 15) is 4.79 Å². The van der Waals surface area contributed by atoms with E-state index in [1.807, 2.05) is 25.1 Å². The molecule has 1 rings (SSSR count). The van der Waals surface area contributed by atoms with Crippen LogP contribution in [0.1, 0.15) is 44.7 Å². The molecule has 0 bridgehead atoms. The molecule has 0 saturated heterocycles. The Morgan fingerprint density at radius 3 is 2.35 bits per heavy atom. The molecule has 0 atom stereocenters. The van der Waals surface area contributed by atoms with Gasteiger partial charge in [-0.2, -0.15) is 0 Å². The largest absolute Gasteiger partial charge is 0.514 e. The van der Waals surface area contributed by atoms with Gasteiger partial charge < -0.3 is 9.47 Å². The van der Waals surface area contributed by atoms with Crippen LogP contribution in [0.25, 0.3) is 0 Å². The second kappa shape index (κ2) is 5.71. The molecule has 3 heteroatoms. The van der Waals surface area contributed by atoms with Gasteiger partial charge in [-0.3, -0.25) is 0 Å². The number of hydrogen-bond donors (Lipinski definition) is 0. The Balaban J connectivity index is 2.82. The lowest BCUT2D eigenvalue weighted by Crippen LogP contribution is -2.16. The normalized spacial score (nSPS) is 10.8. The molecule has 0 radical (unpaired) electrons. The van der Waals surface area contributed by atoms with Gasteiger partial charge >= 0.3 is 6.16 Å². The number of benzene rings is 1. The van der Waals surface area contributed by atoms with Gasteiger partial charge in [0.1, 0.15) is 5.75 Å². The minimum Gasteiger partial charge on any atom is -0.431 e. The number of aryl methyl sites for hydroxylation is 1. The van der Waals surface area contributed by atoms with Gasteiger partial charge in [0.25, 0.3) is 0 Å². The van der Waals surface area contributed by atoms with Crippen molar-refractivity contribution in [2.45, 2.75) is 46.6 Å². The summed E-state index contributed by atoms with van der Waals surface area (Å²) in [5.74, 6) is 0.973. The molecule has 0 fully saturated rings. The lowest BCUT2D eigenvalue weighted by Gasteiger charge is -2.12. The average molecular weight is 236 g/mol. The summed E-state index contributed by atoms with van der Waals surface area (Å²) >= 11 is 0. The van der Waals surface area contributed by atoms with Crippen molar-refractivity contribution in [2.75, 3.05) is 0 Å². The monoisotopic (exact) mass is 236 g/mol. The predicted molar refractivity (Wildman–Crippen MR) is 67.5 cm³/mol. The molecule has 0 aliphatic heterocycles. The molecule has 1 aromatic rings. The first kappa shape index (κ1) is 13.6. The van der Waals surface area contributed by atoms with Crippen molar-refractivity contribution >= 4 is 6.16 Å². The molecule has 1 aromatic carbocycles.